The van der Waals surface area contributed by atoms with Crippen LogP contribution in [0.1, 0.15) is 37.2 Å². The molecule has 2 heterocycles. The summed E-state index contributed by atoms with van der Waals surface area (Å²) in [5.74, 6) is 0.730. The van der Waals surface area contributed by atoms with Crippen molar-refractivity contribution >= 4 is 5.69 Å². The van der Waals surface area contributed by atoms with Gasteiger partial charge in [0.1, 0.15) is 0 Å². The second-order valence-electron chi connectivity index (χ2n) is 5.36. The Kier molecular flexibility index (Phi) is 3.32. The third kappa shape index (κ3) is 2.47. The minimum atomic E-state index is 0.730. The molecule has 0 aliphatic carbocycles. The van der Waals surface area contributed by atoms with Crippen LogP contribution in [0.15, 0.2) is 24.3 Å². The third-order valence-corrected chi connectivity index (χ3v) is 4.18. The fraction of sp³-hybridized carbons (Fsp3) is 0.600. The number of nitrogens with one attached hydrogen (secondary N) is 1. The van der Waals surface area contributed by atoms with Crippen molar-refractivity contribution in [1.82, 2.24) is 4.90 Å². The topological polar surface area (TPSA) is 15.3 Å². The lowest BCUT2D eigenvalue weighted by molar-refractivity contribution is 0.222. The van der Waals surface area contributed by atoms with E-state index in [0.29, 0.717) is 0 Å². The predicted molar refractivity (Wildman–Crippen MR) is 72.6 cm³/mol. The molecule has 3 rings (SSSR count). The summed E-state index contributed by atoms with van der Waals surface area (Å²) >= 11 is 0. The summed E-state index contributed by atoms with van der Waals surface area (Å²) in [5.41, 5.74) is 2.89. The van der Waals surface area contributed by atoms with Crippen LogP contribution in [0.2, 0.25) is 0 Å². The van der Waals surface area contributed by atoms with Crippen molar-refractivity contribution < 1.29 is 0 Å². The maximum atomic E-state index is 3.52. The molecule has 1 aromatic carbocycles. The molecule has 0 bridgehead atoms. The van der Waals surface area contributed by atoms with E-state index in [4.69, 9.17) is 0 Å². The second kappa shape index (κ2) is 5.09. The van der Waals surface area contributed by atoms with Crippen LogP contribution in [0.3, 0.4) is 0 Å². The number of anilines is 1. The Morgan fingerprint density at radius 3 is 2.82 bits per heavy atom. The summed E-state index contributed by atoms with van der Waals surface area (Å²) in [6.07, 6.45) is 5.55. The van der Waals surface area contributed by atoms with Gasteiger partial charge in [0.25, 0.3) is 0 Å². The molecular formula is C15H22N2. The molecule has 2 aliphatic heterocycles. The molecule has 1 unspecified atom stereocenters. The van der Waals surface area contributed by atoms with Gasteiger partial charge in [0.05, 0.1) is 0 Å². The lowest BCUT2D eigenvalue weighted by Gasteiger charge is -2.27. The van der Waals surface area contributed by atoms with Gasteiger partial charge in [0.15, 0.2) is 0 Å². The Bertz CT molecular complexity index is 369. The fourth-order valence-electron chi connectivity index (χ4n) is 3.14. The highest BCUT2D eigenvalue weighted by Crippen LogP contribution is 2.33. The molecule has 2 heteroatoms. The maximum absolute atomic E-state index is 3.52. The van der Waals surface area contributed by atoms with Crippen molar-refractivity contribution in [3.05, 3.63) is 29.8 Å². The number of likely N-dealkylation sites (tertiary alicyclic amines) is 1. The largest absolute Gasteiger partial charge is 0.384 e. The van der Waals surface area contributed by atoms with Gasteiger partial charge in [-0.25, -0.2) is 0 Å². The number of nitrogens with zero attached hydrogens (tertiary/aromatic N) is 1. The fourth-order valence-corrected chi connectivity index (χ4v) is 3.14. The highest BCUT2D eigenvalue weighted by Gasteiger charge is 2.22. The summed E-state index contributed by atoms with van der Waals surface area (Å²) in [6.45, 7) is 5.05. The summed E-state index contributed by atoms with van der Waals surface area (Å²) in [6, 6.07) is 8.78. The lowest BCUT2D eigenvalue weighted by Crippen LogP contribution is -2.31. The maximum Gasteiger partial charge on any atom is 0.0376 e. The molecule has 1 fully saturated rings. The van der Waals surface area contributed by atoms with E-state index >= 15 is 0 Å². The Morgan fingerprint density at radius 1 is 1.12 bits per heavy atom. The van der Waals surface area contributed by atoms with Crippen molar-refractivity contribution in [2.45, 2.75) is 31.6 Å². The van der Waals surface area contributed by atoms with Crippen LogP contribution in [0.5, 0.6) is 0 Å². The highest BCUT2D eigenvalue weighted by atomic mass is 15.1. The zero-order chi connectivity index (χ0) is 11.5. The van der Waals surface area contributed by atoms with E-state index in [-0.39, 0.29) is 0 Å². The van der Waals surface area contributed by atoms with Crippen LogP contribution in [0.25, 0.3) is 0 Å². The lowest BCUT2D eigenvalue weighted by atomic mass is 9.97. The van der Waals surface area contributed by atoms with Crippen LogP contribution in [-0.2, 0) is 0 Å². The summed E-state index contributed by atoms with van der Waals surface area (Å²) in [7, 11) is 0. The second-order valence-corrected chi connectivity index (χ2v) is 5.36. The Labute approximate surface area is 104 Å². The van der Waals surface area contributed by atoms with Gasteiger partial charge in [0.2, 0.25) is 0 Å². The van der Waals surface area contributed by atoms with Gasteiger partial charge in [-0.1, -0.05) is 24.6 Å². The monoisotopic (exact) mass is 230 g/mol. The highest BCUT2D eigenvalue weighted by molar-refractivity contribution is 5.57. The zero-order valence-corrected chi connectivity index (χ0v) is 10.5. The Hall–Kier alpha value is -1.02. The first-order valence-electron chi connectivity index (χ1n) is 6.98. The van der Waals surface area contributed by atoms with Gasteiger partial charge in [-0.05, 0) is 50.5 Å². The SMILES string of the molecule is c1ccc2c(c1)NCC2CCN1CCCCC1. The zero-order valence-electron chi connectivity index (χ0n) is 10.5. The van der Waals surface area contributed by atoms with Crippen LogP contribution in [-0.4, -0.2) is 31.1 Å². The average Bonchev–Trinajstić information content (AvgIpc) is 2.81. The molecular weight excluding hydrogens is 208 g/mol. The van der Waals surface area contributed by atoms with E-state index in [1.165, 1.54) is 56.6 Å². The molecule has 2 nitrogen and oxygen atoms in total. The Morgan fingerprint density at radius 2 is 1.94 bits per heavy atom. The first kappa shape index (κ1) is 11.1. The average molecular weight is 230 g/mol. The standard InChI is InChI=1S/C15H22N2/c1-4-9-17(10-5-1)11-8-13-12-16-15-7-3-2-6-14(13)15/h2-3,6-7,13,16H,1,4-5,8-12H2. The van der Waals surface area contributed by atoms with Crippen LogP contribution in [0, 0.1) is 0 Å². The summed E-state index contributed by atoms with van der Waals surface area (Å²) in [5, 5.41) is 3.52. The van der Waals surface area contributed by atoms with E-state index in [1.54, 1.807) is 0 Å². The summed E-state index contributed by atoms with van der Waals surface area (Å²) in [4.78, 5) is 2.64. The summed E-state index contributed by atoms with van der Waals surface area (Å²) < 4.78 is 0. The molecule has 1 N–H and O–H groups in total. The molecule has 1 atom stereocenters. The van der Waals surface area contributed by atoms with Gasteiger partial charge >= 0.3 is 0 Å². The molecule has 0 amide bonds. The van der Waals surface area contributed by atoms with E-state index < -0.39 is 0 Å². The third-order valence-electron chi connectivity index (χ3n) is 4.18. The number of rotatable bonds is 3. The predicted octanol–water partition coefficient (Wildman–Crippen LogP) is 3.07. The minimum absolute atomic E-state index is 0.730. The normalized spacial score (nSPS) is 24.4. The molecule has 2 aliphatic rings. The minimum Gasteiger partial charge on any atom is -0.384 e. The van der Waals surface area contributed by atoms with Gasteiger partial charge in [-0.2, -0.15) is 0 Å². The van der Waals surface area contributed by atoms with Crippen molar-refractivity contribution in [1.29, 1.82) is 0 Å². The van der Waals surface area contributed by atoms with Gasteiger partial charge in [-0.3, -0.25) is 0 Å². The first-order valence-corrected chi connectivity index (χ1v) is 6.98. The smallest absolute Gasteiger partial charge is 0.0376 e. The molecule has 92 valence electrons. The van der Waals surface area contributed by atoms with Crippen molar-refractivity contribution in [2.75, 3.05) is 31.5 Å². The number of para-hydroxylation sites is 1. The molecule has 17 heavy (non-hydrogen) atoms. The van der Waals surface area contributed by atoms with Crippen LogP contribution < -0.4 is 5.32 Å². The van der Waals surface area contributed by atoms with Crippen molar-refractivity contribution in [3.8, 4) is 0 Å². The number of fused-ring (bicyclic) bond motifs is 1. The first-order chi connectivity index (χ1) is 8.43. The quantitative estimate of drug-likeness (QED) is 0.858. The molecule has 1 aromatic rings. The van der Waals surface area contributed by atoms with Crippen LogP contribution in [0.4, 0.5) is 5.69 Å². The van der Waals surface area contributed by atoms with E-state index in [0.717, 1.165) is 12.5 Å². The Balaban J connectivity index is 1.56. The van der Waals surface area contributed by atoms with Crippen LogP contribution >= 0.6 is 0 Å². The number of benzene rings is 1. The van der Waals surface area contributed by atoms with Gasteiger partial charge in [0, 0.05) is 18.2 Å². The number of piperidine rings is 1. The van der Waals surface area contributed by atoms with Crippen molar-refractivity contribution in [3.63, 3.8) is 0 Å². The molecule has 0 spiro atoms. The molecule has 1 saturated heterocycles. The van der Waals surface area contributed by atoms with E-state index in [9.17, 15) is 0 Å². The van der Waals surface area contributed by atoms with E-state index in [2.05, 4.69) is 34.5 Å². The molecule has 0 saturated carbocycles. The van der Waals surface area contributed by atoms with Gasteiger partial charge in [-0.15, -0.1) is 0 Å². The van der Waals surface area contributed by atoms with Gasteiger partial charge < -0.3 is 10.2 Å². The number of hydrogen-bond acceptors (Lipinski definition) is 2. The van der Waals surface area contributed by atoms with Crippen molar-refractivity contribution in [2.24, 2.45) is 0 Å². The molecule has 0 aromatic heterocycles. The number of hydrogen-bond donors (Lipinski definition) is 1. The molecule has 0 radical (unpaired) electrons. The van der Waals surface area contributed by atoms with E-state index in [1.807, 2.05) is 0 Å².